The van der Waals surface area contributed by atoms with E-state index >= 15 is 0 Å². The molecule has 1 aromatic carbocycles. The Morgan fingerprint density at radius 2 is 1.92 bits per heavy atom. The molecule has 2 nitrogen and oxygen atoms in total. The van der Waals surface area contributed by atoms with Crippen LogP contribution in [0.15, 0.2) is 22.7 Å². The molecule has 0 bridgehead atoms. The molecule has 13 heavy (non-hydrogen) atoms. The lowest BCUT2D eigenvalue weighted by molar-refractivity contribution is 0.101. The molecule has 0 fully saturated rings. The van der Waals surface area contributed by atoms with Gasteiger partial charge in [-0.05, 0) is 25.1 Å². The number of phenols is 1. The maximum absolute atomic E-state index is 10.8. The average molecular weight is 245 g/mol. The van der Waals surface area contributed by atoms with Crippen LogP contribution in [0.5, 0.6) is 5.75 Å². The van der Waals surface area contributed by atoms with E-state index in [1.165, 1.54) is 13.0 Å². The third-order valence-corrected chi connectivity index (χ3v) is 1.83. The average Bonchev–Trinajstić information content (AvgIpc) is 2.12. The third kappa shape index (κ3) is 3.59. The van der Waals surface area contributed by atoms with Gasteiger partial charge in [-0.15, -0.1) is 0 Å². The summed E-state index contributed by atoms with van der Waals surface area (Å²) in [5.41, 5.74) is 0.347. The highest BCUT2D eigenvalue weighted by Gasteiger charge is 2.05. The van der Waals surface area contributed by atoms with Crippen molar-refractivity contribution in [3.63, 3.8) is 0 Å². The molecular formula is C10H13BrO2. The zero-order valence-corrected chi connectivity index (χ0v) is 9.55. The number of halogens is 1. The summed E-state index contributed by atoms with van der Waals surface area (Å²) in [5.74, 6) is -0.107. The lowest BCUT2D eigenvalue weighted by atomic mass is 10.1. The molecule has 3 heteroatoms. The van der Waals surface area contributed by atoms with Gasteiger partial charge in [0.05, 0.1) is 5.56 Å². The first-order chi connectivity index (χ1) is 6.11. The monoisotopic (exact) mass is 244 g/mol. The first-order valence-corrected chi connectivity index (χ1v) is 4.90. The normalized spacial score (nSPS) is 8.62. The standard InChI is InChI=1S/C8H7BrO2.C2H6/c1-5(10)7-4-6(9)2-3-8(7)11;1-2/h2-4,11H,1H3;1-2H3. The molecule has 0 radical (unpaired) electrons. The van der Waals surface area contributed by atoms with Crippen LogP contribution in [-0.4, -0.2) is 10.9 Å². The van der Waals surface area contributed by atoms with Crippen LogP contribution in [0.4, 0.5) is 0 Å². The minimum atomic E-state index is -0.135. The first-order valence-electron chi connectivity index (χ1n) is 4.10. The molecule has 0 unspecified atom stereocenters. The molecule has 0 saturated carbocycles. The Bertz CT molecular complexity index is 295. The Morgan fingerprint density at radius 1 is 1.38 bits per heavy atom. The van der Waals surface area contributed by atoms with Gasteiger partial charge >= 0.3 is 0 Å². The summed E-state index contributed by atoms with van der Waals surface area (Å²) < 4.78 is 0.792. The van der Waals surface area contributed by atoms with Crippen molar-refractivity contribution >= 4 is 21.7 Å². The number of benzene rings is 1. The van der Waals surface area contributed by atoms with Crippen molar-refractivity contribution in [3.05, 3.63) is 28.2 Å². The Morgan fingerprint density at radius 3 is 2.31 bits per heavy atom. The quantitative estimate of drug-likeness (QED) is 0.770. The van der Waals surface area contributed by atoms with Gasteiger partial charge in [-0.1, -0.05) is 29.8 Å². The van der Waals surface area contributed by atoms with E-state index in [1.54, 1.807) is 12.1 Å². The van der Waals surface area contributed by atoms with E-state index in [4.69, 9.17) is 5.11 Å². The number of hydrogen-bond donors (Lipinski definition) is 1. The van der Waals surface area contributed by atoms with Gasteiger partial charge in [0.15, 0.2) is 5.78 Å². The minimum Gasteiger partial charge on any atom is -0.507 e. The van der Waals surface area contributed by atoms with Gasteiger partial charge in [0.1, 0.15) is 5.75 Å². The van der Waals surface area contributed by atoms with E-state index in [-0.39, 0.29) is 11.5 Å². The number of aromatic hydroxyl groups is 1. The fraction of sp³-hybridized carbons (Fsp3) is 0.300. The van der Waals surface area contributed by atoms with Crippen LogP contribution in [0.2, 0.25) is 0 Å². The first kappa shape index (κ1) is 12.2. The predicted molar refractivity (Wildman–Crippen MR) is 57.2 cm³/mol. The van der Waals surface area contributed by atoms with Crippen LogP contribution in [0.25, 0.3) is 0 Å². The SMILES string of the molecule is CC.CC(=O)c1cc(Br)ccc1O. The summed E-state index contributed by atoms with van der Waals surface area (Å²) in [6.45, 7) is 5.42. The molecule has 0 saturated heterocycles. The van der Waals surface area contributed by atoms with E-state index in [2.05, 4.69) is 15.9 Å². The van der Waals surface area contributed by atoms with Gasteiger partial charge in [-0.3, -0.25) is 4.79 Å². The Hall–Kier alpha value is -0.830. The van der Waals surface area contributed by atoms with Crippen LogP contribution in [0, 0.1) is 0 Å². The molecule has 72 valence electrons. The van der Waals surface area contributed by atoms with Crippen LogP contribution in [-0.2, 0) is 0 Å². The molecule has 1 N–H and O–H groups in total. The van der Waals surface area contributed by atoms with Crippen LogP contribution in [0.3, 0.4) is 0 Å². The molecule has 0 aromatic heterocycles. The second-order valence-corrected chi connectivity index (χ2v) is 3.13. The molecule has 1 rings (SSSR count). The lowest BCUT2D eigenvalue weighted by Gasteiger charge is -1.99. The molecule has 0 aliphatic rings. The zero-order valence-electron chi connectivity index (χ0n) is 7.97. The molecule has 0 spiro atoms. The van der Waals surface area contributed by atoms with Crippen LogP contribution >= 0.6 is 15.9 Å². The fourth-order valence-electron chi connectivity index (χ4n) is 0.790. The van der Waals surface area contributed by atoms with Gasteiger partial charge in [-0.2, -0.15) is 0 Å². The van der Waals surface area contributed by atoms with Crippen molar-refractivity contribution < 1.29 is 9.90 Å². The van der Waals surface area contributed by atoms with Crippen molar-refractivity contribution in [2.75, 3.05) is 0 Å². The number of carbonyl (C=O) groups is 1. The van der Waals surface area contributed by atoms with Gasteiger partial charge in [0, 0.05) is 4.47 Å². The van der Waals surface area contributed by atoms with E-state index in [0.717, 1.165) is 4.47 Å². The zero-order chi connectivity index (χ0) is 10.4. The van der Waals surface area contributed by atoms with Gasteiger partial charge in [-0.25, -0.2) is 0 Å². The van der Waals surface area contributed by atoms with Crippen molar-refractivity contribution in [1.29, 1.82) is 0 Å². The molecular weight excluding hydrogens is 232 g/mol. The largest absolute Gasteiger partial charge is 0.507 e. The summed E-state index contributed by atoms with van der Waals surface area (Å²) in [4.78, 5) is 10.8. The van der Waals surface area contributed by atoms with Crippen molar-refractivity contribution in [1.82, 2.24) is 0 Å². The maximum Gasteiger partial charge on any atom is 0.163 e. The molecule has 0 aliphatic heterocycles. The van der Waals surface area contributed by atoms with E-state index in [0.29, 0.717) is 5.56 Å². The summed E-state index contributed by atoms with van der Waals surface area (Å²) in [7, 11) is 0. The topological polar surface area (TPSA) is 37.3 Å². The van der Waals surface area contributed by atoms with Gasteiger partial charge in [0.25, 0.3) is 0 Å². The molecule has 1 aromatic rings. The fourth-order valence-corrected chi connectivity index (χ4v) is 1.15. The number of Topliss-reactive ketones (excluding diaryl/α,β-unsaturated/α-hetero) is 1. The van der Waals surface area contributed by atoms with Crippen molar-refractivity contribution in [3.8, 4) is 5.75 Å². The number of phenolic OH excluding ortho intramolecular Hbond substituents is 1. The maximum atomic E-state index is 10.8. The van der Waals surface area contributed by atoms with Gasteiger partial charge < -0.3 is 5.11 Å². The number of carbonyl (C=O) groups excluding carboxylic acids is 1. The number of ketones is 1. The van der Waals surface area contributed by atoms with Crippen molar-refractivity contribution in [2.45, 2.75) is 20.8 Å². The third-order valence-electron chi connectivity index (χ3n) is 1.34. The Kier molecular flexibility index (Phi) is 5.39. The lowest BCUT2D eigenvalue weighted by Crippen LogP contribution is -1.91. The van der Waals surface area contributed by atoms with Crippen LogP contribution in [0.1, 0.15) is 31.1 Å². The highest BCUT2D eigenvalue weighted by molar-refractivity contribution is 9.10. The summed E-state index contributed by atoms with van der Waals surface area (Å²) >= 11 is 3.20. The van der Waals surface area contributed by atoms with E-state index in [1.807, 2.05) is 13.8 Å². The highest BCUT2D eigenvalue weighted by Crippen LogP contribution is 2.21. The smallest absolute Gasteiger partial charge is 0.163 e. The van der Waals surface area contributed by atoms with Crippen LogP contribution < -0.4 is 0 Å². The highest BCUT2D eigenvalue weighted by atomic mass is 79.9. The van der Waals surface area contributed by atoms with E-state index < -0.39 is 0 Å². The summed E-state index contributed by atoms with van der Waals surface area (Å²) in [6.07, 6.45) is 0. The number of hydrogen-bond acceptors (Lipinski definition) is 2. The molecule has 0 atom stereocenters. The predicted octanol–water partition coefficient (Wildman–Crippen LogP) is 3.38. The molecule has 0 aliphatic carbocycles. The second kappa shape index (κ2) is 5.75. The summed E-state index contributed by atoms with van der Waals surface area (Å²) in [5, 5.41) is 9.16. The second-order valence-electron chi connectivity index (χ2n) is 2.22. The van der Waals surface area contributed by atoms with E-state index in [9.17, 15) is 4.79 Å². The number of rotatable bonds is 1. The molecule has 0 amide bonds. The molecule has 0 heterocycles. The Balaban J connectivity index is 0.000000671. The Labute approximate surface area is 86.7 Å². The summed E-state index contributed by atoms with van der Waals surface area (Å²) in [6, 6.07) is 4.76. The van der Waals surface area contributed by atoms with Crippen molar-refractivity contribution in [2.24, 2.45) is 0 Å². The van der Waals surface area contributed by atoms with Gasteiger partial charge in [0.2, 0.25) is 0 Å². The minimum absolute atomic E-state index is 0.0284.